The van der Waals surface area contributed by atoms with E-state index in [1.54, 1.807) is 13.2 Å². The van der Waals surface area contributed by atoms with Gasteiger partial charge in [0.15, 0.2) is 5.96 Å². The van der Waals surface area contributed by atoms with Gasteiger partial charge >= 0.3 is 0 Å². The molecule has 0 aliphatic rings. The number of hydrogen-bond acceptors (Lipinski definition) is 2. The Labute approximate surface area is 90.8 Å². The van der Waals surface area contributed by atoms with Crippen LogP contribution in [0.1, 0.15) is 19.5 Å². The third kappa shape index (κ3) is 4.44. The largest absolute Gasteiger partial charge is 0.354 e. The third-order valence-corrected chi connectivity index (χ3v) is 1.81. The minimum absolute atomic E-state index is 0.375. The Hall–Kier alpha value is -1.58. The van der Waals surface area contributed by atoms with Gasteiger partial charge in [0.1, 0.15) is 0 Å². The van der Waals surface area contributed by atoms with Crippen LogP contribution < -0.4 is 10.6 Å². The summed E-state index contributed by atoms with van der Waals surface area (Å²) in [6, 6.07) is 6.24. The average molecular weight is 206 g/mol. The molecule has 0 unspecified atom stereocenters. The van der Waals surface area contributed by atoms with E-state index in [1.807, 2.05) is 18.2 Å². The Morgan fingerprint density at radius 3 is 2.80 bits per heavy atom. The lowest BCUT2D eigenvalue weighted by molar-refractivity contribution is 0.696. The summed E-state index contributed by atoms with van der Waals surface area (Å²) in [5.74, 6) is 0.802. The van der Waals surface area contributed by atoms with E-state index in [-0.39, 0.29) is 0 Å². The van der Waals surface area contributed by atoms with E-state index in [1.165, 1.54) is 0 Å². The first-order valence-corrected chi connectivity index (χ1v) is 5.09. The molecule has 15 heavy (non-hydrogen) atoms. The molecule has 2 N–H and O–H groups in total. The van der Waals surface area contributed by atoms with Gasteiger partial charge in [-0.25, -0.2) is 0 Å². The summed E-state index contributed by atoms with van der Waals surface area (Å²) in [6.45, 7) is 4.84. The van der Waals surface area contributed by atoms with Gasteiger partial charge in [-0.15, -0.1) is 0 Å². The topological polar surface area (TPSA) is 49.3 Å². The van der Waals surface area contributed by atoms with Crippen molar-refractivity contribution in [3.05, 3.63) is 30.1 Å². The zero-order valence-corrected chi connectivity index (χ0v) is 9.49. The predicted octanol–water partition coefficient (Wildman–Crippen LogP) is 1.15. The number of hydrogen-bond donors (Lipinski definition) is 2. The van der Waals surface area contributed by atoms with Crippen LogP contribution in [0.4, 0.5) is 0 Å². The van der Waals surface area contributed by atoms with Gasteiger partial charge in [0.2, 0.25) is 0 Å². The van der Waals surface area contributed by atoms with Crippen LogP contribution in [0.5, 0.6) is 0 Å². The van der Waals surface area contributed by atoms with Crippen molar-refractivity contribution in [1.29, 1.82) is 0 Å². The van der Waals surface area contributed by atoms with E-state index in [0.29, 0.717) is 12.6 Å². The summed E-state index contributed by atoms with van der Waals surface area (Å²) < 4.78 is 0. The maximum Gasteiger partial charge on any atom is 0.191 e. The second kappa shape index (κ2) is 6.01. The molecule has 82 valence electrons. The van der Waals surface area contributed by atoms with Crippen molar-refractivity contribution >= 4 is 5.96 Å². The molecular weight excluding hydrogens is 188 g/mol. The first kappa shape index (κ1) is 11.5. The molecule has 4 nitrogen and oxygen atoms in total. The van der Waals surface area contributed by atoms with Crippen molar-refractivity contribution in [1.82, 2.24) is 15.6 Å². The molecule has 0 amide bonds. The number of aromatic nitrogens is 1. The highest BCUT2D eigenvalue weighted by molar-refractivity contribution is 5.79. The first-order valence-electron chi connectivity index (χ1n) is 5.09. The highest BCUT2D eigenvalue weighted by Crippen LogP contribution is 1.91. The van der Waals surface area contributed by atoms with Gasteiger partial charge < -0.3 is 10.6 Å². The van der Waals surface area contributed by atoms with Gasteiger partial charge in [0.05, 0.1) is 12.2 Å². The number of guanidine groups is 1. The van der Waals surface area contributed by atoms with Crippen LogP contribution in [-0.2, 0) is 6.54 Å². The zero-order valence-electron chi connectivity index (χ0n) is 9.49. The zero-order chi connectivity index (χ0) is 11.1. The minimum atomic E-state index is 0.375. The van der Waals surface area contributed by atoms with Gasteiger partial charge in [-0.3, -0.25) is 9.98 Å². The fourth-order valence-corrected chi connectivity index (χ4v) is 1.15. The molecule has 1 aromatic rings. The monoisotopic (exact) mass is 206 g/mol. The second-order valence-electron chi connectivity index (χ2n) is 3.55. The molecular formula is C11H18N4. The van der Waals surface area contributed by atoms with Crippen molar-refractivity contribution in [3.63, 3.8) is 0 Å². The van der Waals surface area contributed by atoms with Crippen LogP contribution in [0.15, 0.2) is 29.4 Å². The van der Waals surface area contributed by atoms with Gasteiger partial charge in [-0.2, -0.15) is 0 Å². The van der Waals surface area contributed by atoms with Crippen molar-refractivity contribution in [3.8, 4) is 0 Å². The quantitative estimate of drug-likeness (QED) is 0.576. The van der Waals surface area contributed by atoms with Gasteiger partial charge in [-0.05, 0) is 26.0 Å². The highest BCUT2D eigenvalue weighted by atomic mass is 15.2. The van der Waals surface area contributed by atoms with Gasteiger partial charge in [0, 0.05) is 19.3 Å². The molecule has 0 aromatic carbocycles. The third-order valence-electron chi connectivity index (χ3n) is 1.81. The molecule has 0 aliphatic heterocycles. The lowest BCUT2D eigenvalue weighted by atomic mass is 10.3. The molecule has 0 radical (unpaired) electrons. The Morgan fingerprint density at radius 2 is 2.27 bits per heavy atom. The highest BCUT2D eigenvalue weighted by Gasteiger charge is 1.99. The van der Waals surface area contributed by atoms with Crippen molar-refractivity contribution < 1.29 is 0 Å². The van der Waals surface area contributed by atoms with Crippen LogP contribution in [0.3, 0.4) is 0 Å². The normalized spacial score (nSPS) is 11.6. The molecule has 0 spiro atoms. The number of nitrogens with zero attached hydrogens (tertiary/aromatic N) is 2. The summed E-state index contributed by atoms with van der Waals surface area (Å²) in [5, 5.41) is 6.40. The standard InChI is InChI=1S/C11H18N4/c1-9(2)15-11(12-3)14-8-10-6-4-5-7-13-10/h4-7,9H,8H2,1-3H3,(H2,12,14,15). The summed E-state index contributed by atoms with van der Waals surface area (Å²) in [7, 11) is 1.76. The Kier molecular flexibility index (Phi) is 4.60. The van der Waals surface area contributed by atoms with E-state index in [4.69, 9.17) is 0 Å². The van der Waals surface area contributed by atoms with Gasteiger partial charge in [0.25, 0.3) is 0 Å². The van der Waals surface area contributed by atoms with Crippen LogP contribution in [0.2, 0.25) is 0 Å². The molecule has 0 fully saturated rings. The summed E-state index contributed by atoms with van der Waals surface area (Å²) in [5.41, 5.74) is 1.00. The smallest absolute Gasteiger partial charge is 0.191 e. The van der Waals surface area contributed by atoms with Crippen LogP contribution in [-0.4, -0.2) is 24.0 Å². The molecule has 0 saturated heterocycles. The molecule has 4 heteroatoms. The summed E-state index contributed by atoms with van der Waals surface area (Å²) in [4.78, 5) is 8.33. The van der Waals surface area contributed by atoms with Crippen molar-refractivity contribution in [2.75, 3.05) is 7.05 Å². The number of nitrogens with one attached hydrogen (secondary N) is 2. The fraction of sp³-hybridized carbons (Fsp3) is 0.455. The van der Waals surface area contributed by atoms with Crippen molar-refractivity contribution in [2.24, 2.45) is 4.99 Å². The van der Waals surface area contributed by atoms with Gasteiger partial charge in [-0.1, -0.05) is 6.07 Å². The van der Waals surface area contributed by atoms with Crippen molar-refractivity contribution in [2.45, 2.75) is 26.4 Å². The second-order valence-corrected chi connectivity index (χ2v) is 3.55. The maximum atomic E-state index is 4.22. The molecule has 1 aromatic heterocycles. The number of rotatable bonds is 3. The van der Waals surface area contributed by atoms with E-state index >= 15 is 0 Å². The average Bonchev–Trinajstić information content (AvgIpc) is 2.25. The summed E-state index contributed by atoms with van der Waals surface area (Å²) in [6.07, 6.45) is 1.79. The summed E-state index contributed by atoms with van der Waals surface area (Å²) >= 11 is 0. The minimum Gasteiger partial charge on any atom is -0.354 e. The SMILES string of the molecule is CN=C(NCc1ccccn1)NC(C)C. The van der Waals surface area contributed by atoms with Crippen LogP contribution in [0.25, 0.3) is 0 Å². The molecule has 0 aliphatic carbocycles. The van der Waals surface area contributed by atoms with E-state index < -0.39 is 0 Å². The van der Waals surface area contributed by atoms with Crippen LogP contribution >= 0.6 is 0 Å². The van der Waals surface area contributed by atoms with E-state index in [2.05, 4.69) is 34.5 Å². The fourth-order valence-electron chi connectivity index (χ4n) is 1.15. The number of aliphatic imine (C=N–C) groups is 1. The molecule has 0 atom stereocenters. The first-order chi connectivity index (χ1) is 7.22. The lowest BCUT2D eigenvalue weighted by Crippen LogP contribution is -2.40. The Morgan fingerprint density at radius 1 is 1.47 bits per heavy atom. The lowest BCUT2D eigenvalue weighted by Gasteiger charge is -2.13. The number of pyridine rings is 1. The Balaban J connectivity index is 2.42. The van der Waals surface area contributed by atoms with E-state index in [0.717, 1.165) is 11.7 Å². The molecule has 0 bridgehead atoms. The Bertz CT molecular complexity index is 306. The maximum absolute atomic E-state index is 4.22. The van der Waals surface area contributed by atoms with E-state index in [9.17, 15) is 0 Å². The molecule has 0 saturated carbocycles. The molecule has 1 heterocycles. The predicted molar refractivity (Wildman–Crippen MR) is 62.7 cm³/mol. The molecule has 1 rings (SSSR count). The van der Waals surface area contributed by atoms with Crippen LogP contribution in [0, 0.1) is 0 Å².